The SMILES string of the molecule is Cc1ccncc1-c1ccc(C)c(-c2cc(-c3ccccc3C)c(-c3cc(-c4cnccc4C(F)(F)F)ccc3C(F)(F)F)cc2-c2ccccc2C(F)(F)F)c1. The molecule has 0 aliphatic heterocycles. The van der Waals surface area contributed by atoms with Crippen molar-refractivity contribution in [2.24, 2.45) is 0 Å². The van der Waals surface area contributed by atoms with Gasteiger partial charge < -0.3 is 0 Å². The van der Waals surface area contributed by atoms with Crippen molar-refractivity contribution in [3.63, 3.8) is 0 Å². The minimum atomic E-state index is -5.02. The average Bonchev–Trinajstić information content (AvgIpc) is 3.17. The second-order valence-electron chi connectivity index (χ2n) is 13.7. The summed E-state index contributed by atoms with van der Waals surface area (Å²) in [6, 6.07) is 25.2. The topological polar surface area (TPSA) is 25.8 Å². The van der Waals surface area contributed by atoms with Gasteiger partial charge in [0.05, 0.1) is 16.7 Å². The Bertz CT molecular complexity index is 2640. The Morgan fingerprint density at radius 1 is 0.333 bits per heavy atom. The zero-order chi connectivity index (χ0) is 40.9. The summed E-state index contributed by atoms with van der Waals surface area (Å²) in [5, 5.41) is 0. The number of aromatic nitrogens is 2. The monoisotopic (exact) mass is 782 g/mol. The van der Waals surface area contributed by atoms with Crippen LogP contribution in [0, 0.1) is 20.8 Å². The molecule has 2 nitrogen and oxygen atoms in total. The van der Waals surface area contributed by atoms with Gasteiger partial charge in [-0.15, -0.1) is 0 Å². The highest BCUT2D eigenvalue weighted by molar-refractivity contribution is 5.98. The van der Waals surface area contributed by atoms with Gasteiger partial charge in [-0.1, -0.05) is 60.7 Å². The van der Waals surface area contributed by atoms with E-state index >= 15 is 13.2 Å². The molecule has 11 heteroatoms. The van der Waals surface area contributed by atoms with Gasteiger partial charge in [-0.2, -0.15) is 39.5 Å². The van der Waals surface area contributed by atoms with E-state index in [-0.39, 0.29) is 27.8 Å². The van der Waals surface area contributed by atoms with Crippen LogP contribution in [0.2, 0.25) is 0 Å². The van der Waals surface area contributed by atoms with E-state index in [1.54, 1.807) is 56.6 Å². The van der Waals surface area contributed by atoms with Gasteiger partial charge in [0.2, 0.25) is 0 Å². The molecule has 0 bridgehead atoms. The number of hydrogen-bond donors (Lipinski definition) is 0. The molecule has 0 saturated carbocycles. The van der Waals surface area contributed by atoms with Crippen LogP contribution in [-0.4, -0.2) is 9.97 Å². The van der Waals surface area contributed by atoms with Crippen LogP contribution in [0.15, 0.2) is 134 Å². The summed E-state index contributed by atoms with van der Waals surface area (Å²) in [5.41, 5.74) is 0.194. The van der Waals surface area contributed by atoms with E-state index in [4.69, 9.17) is 0 Å². The Morgan fingerprint density at radius 2 is 0.772 bits per heavy atom. The van der Waals surface area contributed by atoms with Gasteiger partial charge in [-0.25, -0.2) is 0 Å². The molecule has 5 aromatic carbocycles. The molecule has 0 radical (unpaired) electrons. The maximum absolute atomic E-state index is 15.1. The van der Waals surface area contributed by atoms with Crippen LogP contribution in [0.3, 0.4) is 0 Å². The van der Waals surface area contributed by atoms with Crippen molar-refractivity contribution in [3.8, 4) is 66.8 Å². The van der Waals surface area contributed by atoms with Crippen molar-refractivity contribution in [1.29, 1.82) is 0 Å². The Hall–Kier alpha value is -6.23. The van der Waals surface area contributed by atoms with Crippen LogP contribution in [0.4, 0.5) is 39.5 Å². The van der Waals surface area contributed by atoms with Crippen LogP contribution in [-0.2, 0) is 18.5 Å². The van der Waals surface area contributed by atoms with Crippen molar-refractivity contribution >= 4 is 0 Å². The summed E-state index contributed by atoms with van der Waals surface area (Å²) in [7, 11) is 0. The molecule has 0 atom stereocenters. The van der Waals surface area contributed by atoms with Crippen LogP contribution in [0.5, 0.6) is 0 Å². The summed E-state index contributed by atoms with van der Waals surface area (Å²) in [4.78, 5) is 8.08. The molecule has 0 amide bonds. The van der Waals surface area contributed by atoms with Gasteiger partial charge in [-0.3, -0.25) is 9.97 Å². The first kappa shape index (κ1) is 39.0. The fraction of sp³-hybridized carbons (Fsp3) is 0.130. The number of halogens is 9. The van der Waals surface area contributed by atoms with E-state index in [1.165, 1.54) is 24.3 Å². The lowest BCUT2D eigenvalue weighted by molar-refractivity contribution is -0.138. The highest BCUT2D eigenvalue weighted by atomic mass is 19.4. The minimum Gasteiger partial charge on any atom is -0.264 e. The first-order valence-electron chi connectivity index (χ1n) is 17.6. The summed E-state index contributed by atoms with van der Waals surface area (Å²) < 4.78 is 132. The Balaban J connectivity index is 1.65. The summed E-state index contributed by atoms with van der Waals surface area (Å²) in [5.74, 6) is 0. The third kappa shape index (κ3) is 7.66. The molecule has 0 saturated heterocycles. The van der Waals surface area contributed by atoms with E-state index in [0.717, 1.165) is 47.8 Å². The van der Waals surface area contributed by atoms with Crippen molar-refractivity contribution in [1.82, 2.24) is 9.97 Å². The lowest BCUT2D eigenvalue weighted by Crippen LogP contribution is -2.10. The first-order valence-corrected chi connectivity index (χ1v) is 17.6. The van der Waals surface area contributed by atoms with Gasteiger partial charge >= 0.3 is 18.5 Å². The normalized spacial score (nSPS) is 12.2. The minimum absolute atomic E-state index is 0.0331. The van der Waals surface area contributed by atoms with E-state index < -0.39 is 46.3 Å². The molecule has 0 aliphatic rings. The molecule has 57 heavy (non-hydrogen) atoms. The van der Waals surface area contributed by atoms with Crippen molar-refractivity contribution in [2.75, 3.05) is 0 Å². The van der Waals surface area contributed by atoms with Crippen LogP contribution < -0.4 is 0 Å². The highest BCUT2D eigenvalue weighted by Gasteiger charge is 2.38. The second kappa shape index (κ2) is 14.7. The smallest absolute Gasteiger partial charge is 0.264 e. The average molecular weight is 783 g/mol. The quantitative estimate of drug-likeness (QED) is 0.157. The molecule has 2 aromatic heterocycles. The number of nitrogens with zero attached hydrogens (tertiary/aromatic N) is 2. The number of hydrogen-bond acceptors (Lipinski definition) is 2. The molecule has 7 rings (SSSR count). The molecule has 0 aliphatic carbocycles. The molecule has 0 N–H and O–H groups in total. The Morgan fingerprint density at radius 3 is 1.42 bits per heavy atom. The third-order valence-electron chi connectivity index (χ3n) is 10.0. The van der Waals surface area contributed by atoms with E-state index in [1.807, 2.05) is 31.2 Å². The predicted octanol–water partition coefficient (Wildman–Crippen LogP) is 14.5. The van der Waals surface area contributed by atoms with Crippen molar-refractivity contribution in [3.05, 3.63) is 167 Å². The Kier molecular flexibility index (Phi) is 10.1. The first-order chi connectivity index (χ1) is 26.9. The van der Waals surface area contributed by atoms with Crippen LogP contribution in [0.25, 0.3) is 66.8 Å². The lowest BCUT2D eigenvalue weighted by Gasteiger charge is -2.24. The van der Waals surface area contributed by atoms with Gasteiger partial charge in [0.1, 0.15) is 0 Å². The van der Waals surface area contributed by atoms with E-state index in [2.05, 4.69) is 9.97 Å². The number of benzene rings is 5. The number of pyridine rings is 2. The molecule has 2 heterocycles. The predicted molar refractivity (Wildman–Crippen MR) is 204 cm³/mol. The molecule has 288 valence electrons. The standard InChI is InChI=1S/C46H31F9N2/c1-26-8-4-5-9-31(26)34-22-36(33-20-29(13-12-27(33)2)39-24-56-18-16-28(39)3)35(32-10-6-7-11-41(32)44(47,48)49)23-37(34)38-21-30(14-15-42(38)45(50,51)52)40-25-57-19-17-43(40)46(53,54)55/h4-25H,1-3H3. The highest BCUT2D eigenvalue weighted by Crippen LogP contribution is 2.50. The number of alkyl halides is 9. The van der Waals surface area contributed by atoms with E-state index in [0.29, 0.717) is 39.4 Å². The molecule has 7 aromatic rings. The summed E-state index contributed by atoms with van der Waals surface area (Å²) in [6.07, 6.45) is -9.59. The zero-order valence-electron chi connectivity index (χ0n) is 30.5. The molecular weight excluding hydrogens is 752 g/mol. The lowest BCUT2D eigenvalue weighted by atomic mass is 9.81. The van der Waals surface area contributed by atoms with Crippen LogP contribution in [0.1, 0.15) is 33.4 Å². The number of rotatable bonds is 6. The molecule has 0 spiro atoms. The second-order valence-corrected chi connectivity index (χ2v) is 13.7. The van der Waals surface area contributed by atoms with Gasteiger partial charge in [0.25, 0.3) is 0 Å². The fourth-order valence-electron chi connectivity index (χ4n) is 7.23. The van der Waals surface area contributed by atoms with Crippen LogP contribution >= 0.6 is 0 Å². The van der Waals surface area contributed by atoms with Gasteiger partial charge in [-0.05, 0) is 142 Å². The summed E-state index contributed by atoms with van der Waals surface area (Å²) >= 11 is 0. The fourth-order valence-corrected chi connectivity index (χ4v) is 7.23. The zero-order valence-corrected chi connectivity index (χ0v) is 30.5. The molecular formula is C46H31F9N2. The van der Waals surface area contributed by atoms with Gasteiger partial charge in [0, 0.05) is 35.9 Å². The maximum atomic E-state index is 15.1. The summed E-state index contributed by atoms with van der Waals surface area (Å²) in [6.45, 7) is 5.42. The molecule has 0 fully saturated rings. The van der Waals surface area contributed by atoms with Crippen molar-refractivity contribution < 1.29 is 39.5 Å². The van der Waals surface area contributed by atoms with Gasteiger partial charge in [0.15, 0.2) is 0 Å². The Labute approximate surface area is 322 Å². The number of aryl methyl sites for hydroxylation is 3. The molecule has 0 unspecified atom stereocenters. The van der Waals surface area contributed by atoms with Crippen molar-refractivity contribution in [2.45, 2.75) is 39.3 Å². The largest absolute Gasteiger partial charge is 0.417 e. The van der Waals surface area contributed by atoms with E-state index in [9.17, 15) is 26.3 Å². The third-order valence-corrected chi connectivity index (χ3v) is 10.0. The maximum Gasteiger partial charge on any atom is 0.417 e.